The molecule has 0 fully saturated rings. The first-order valence-corrected chi connectivity index (χ1v) is 8.94. The molecule has 0 aromatic heterocycles. The van der Waals surface area contributed by atoms with Crippen molar-refractivity contribution >= 4 is 34.6 Å². The van der Waals surface area contributed by atoms with Crippen molar-refractivity contribution in [1.29, 1.82) is 5.26 Å². The van der Waals surface area contributed by atoms with Gasteiger partial charge in [0.2, 0.25) is 0 Å². The standard InChI is InChI=1S/C23H18N4O3/c24-14-17(22(28)26-19-6-4-5-16(13-19)23(29)30)15-27(20-7-2-1-3-8-20)21-11-9-18(25)10-12-21/h1-13,15H,25H2,(H,26,28)(H,29,30)/b17-15-. The second-order valence-electron chi connectivity index (χ2n) is 6.29. The molecule has 0 spiro atoms. The number of nitrogens with zero attached hydrogens (tertiary/aromatic N) is 2. The topological polar surface area (TPSA) is 119 Å². The van der Waals surface area contributed by atoms with Crippen LogP contribution in [0.2, 0.25) is 0 Å². The maximum absolute atomic E-state index is 12.7. The molecule has 0 saturated carbocycles. The Hall–Kier alpha value is -4.57. The van der Waals surface area contributed by atoms with Gasteiger partial charge in [-0.2, -0.15) is 5.26 Å². The van der Waals surface area contributed by atoms with Crippen molar-refractivity contribution in [2.24, 2.45) is 0 Å². The molecule has 0 atom stereocenters. The minimum absolute atomic E-state index is 0.0306. The second kappa shape index (κ2) is 9.08. The summed E-state index contributed by atoms with van der Waals surface area (Å²) in [6, 6.07) is 24.0. The van der Waals surface area contributed by atoms with Gasteiger partial charge in [0.05, 0.1) is 5.56 Å². The van der Waals surface area contributed by atoms with Crippen LogP contribution in [0.5, 0.6) is 0 Å². The predicted octanol–water partition coefficient (Wildman–Crippen LogP) is 4.15. The second-order valence-corrected chi connectivity index (χ2v) is 6.29. The number of carboxylic acid groups (broad SMARTS) is 1. The molecule has 0 aliphatic heterocycles. The lowest BCUT2D eigenvalue weighted by molar-refractivity contribution is -0.112. The number of anilines is 4. The number of hydrogen-bond acceptors (Lipinski definition) is 5. The lowest BCUT2D eigenvalue weighted by atomic mass is 10.2. The van der Waals surface area contributed by atoms with Crippen molar-refractivity contribution in [3.63, 3.8) is 0 Å². The lowest BCUT2D eigenvalue weighted by Crippen LogP contribution is -2.18. The van der Waals surface area contributed by atoms with Crippen LogP contribution in [0.25, 0.3) is 0 Å². The van der Waals surface area contributed by atoms with Crippen LogP contribution in [-0.4, -0.2) is 17.0 Å². The van der Waals surface area contributed by atoms with Crippen LogP contribution in [0.4, 0.5) is 22.7 Å². The molecule has 3 aromatic rings. The van der Waals surface area contributed by atoms with Gasteiger partial charge in [-0.15, -0.1) is 0 Å². The third-order valence-corrected chi connectivity index (χ3v) is 4.20. The molecule has 0 saturated heterocycles. The molecular weight excluding hydrogens is 380 g/mol. The summed E-state index contributed by atoms with van der Waals surface area (Å²) in [6.45, 7) is 0. The van der Waals surface area contributed by atoms with Crippen LogP contribution in [0.15, 0.2) is 90.6 Å². The highest BCUT2D eigenvalue weighted by atomic mass is 16.4. The molecule has 3 rings (SSSR count). The molecule has 148 valence electrons. The van der Waals surface area contributed by atoms with Gasteiger partial charge in [-0.3, -0.25) is 4.79 Å². The molecule has 1 amide bonds. The average molecular weight is 398 g/mol. The van der Waals surface area contributed by atoms with Gasteiger partial charge in [0.25, 0.3) is 5.91 Å². The quantitative estimate of drug-likeness (QED) is 0.326. The van der Waals surface area contributed by atoms with Crippen molar-refractivity contribution in [1.82, 2.24) is 0 Å². The molecular formula is C23H18N4O3. The van der Waals surface area contributed by atoms with Gasteiger partial charge >= 0.3 is 5.97 Å². The maximum atomic E-state index is 12.7. The van der Waals surface area contributed by atoms with E-state index in [1.165, 1.54) is 24.4 Å². The molecule has 0 radical (unpaired) electrons. The SMILES string of the molecule is N#C/C(=C/N(c1ccccc1)c1ccc(N)cc1)C(=O)Nc1cccc(C(=O)O)c1. The van der Waals surface area contributed by atoms with Crippen molar-refractivity contribution in [3.05, 3.63) is 96.2 Å². The van der Waals surface area contributed by atoms with Gasteiger partial charge in [0, 0.05) is 28.9 Å². The predicted molar refractivity (Wildman–Crippen MR) is 115 cm³/mol. The molecule has 0 unspecified atom stereocenters. The van der Waals surface area contributed by atoms with E-state index in [-0.39, 0.29) is 16.8 Å². The first-order chi connectivity index (χ1) is 14.5. The third-order valence-electron chi connectivity index (χ3n) is 4.20. The van der Waals surface area contributed by atoms with Crippen LogP contribution in [0.1, 0.15) is 10.4 Å². The number of carboxylic acids is 1. The van der Waals surface area contributed by atoms with E-state index in [9.17, 15) is 14.9 Å². The Bertz CT molecular complexity index is 1130. The Morgan fingerprint density at radius 1 is 0.967 bits per heavy atom. The number of nitrogens with one attached hydrogen (secondary N) is 1. The first kappa shape index (κ1) is 20.2. The van der Waals surface area contributed by atoms with Crippen LogP contribution in [0.3, 0.4) is 0 Å². The summed E-state index contributed by atoms with van der Waals surface area (Å²) in [7, 11) is 0. The van der Waals surface area contributed by atoms with Crippen molar-refractivity contribution in [2.75, 3.05) is 16.0 Å². The maximum Gasteiger partial charge on any atom is 0.335 e. The Morgan fingerprint density at radius 3 is 2.27 bits per heavy atom. The number of aromatic carboxylic acids is 1. The monoisotopic (exact) mass is 398 g/mol. The van der Waals surface area contributed by atoms with Gasteiger partial charge in [-0.1, -0.05) is 24.3 Å². The van der Waals surface area contributed by atoms with Crippen LogP contribution in [-0.2, 0) is 4.79 Å². The Balaban J connectivity index is 1.95. The number of nitriles is 1. The van der Waals surface area contributed by atoms with E-state index in [0.717, 1.165) is 5.69 Å². The number of rotatable bonds is 6. The molecule has 7 heteroatoms. The molecule has 30 heavy (non-hydrogen) atoms. The molecule has 0 heterocycles. The fraction of sp³-hybridized carbons (Fsp3) is 0. The Morgan fingerprint density at radius 2 is 1.63 bits per heavy atom. The van der Waals surface area contributed by atoms with Gasteiger partial charge in [0.1, 0.15) is 11.6 Å². The normalized spacial score (nSPS) is 10.7. The summed E-state index contributed by atoms with van der Waals surface area (Å²) in [6.07, 6.45) is 1.43. The van der Waals surface area contributed by atoms with Gasteiger partial charge < -0.3 is 21.1 Å². The fourth-order valence-electron chi connectivity index (χ4n) is 2.72. The zero-order valence-electron chi connectivity index (χ0n) is 15.8. The van der Waals surface area contributed by atoms with E-state index in [1.807, 2.05) is 36.4 Å². The molecule has 0 bridgehead atoms. The van der Waals surface area contributed by atoms with Gasteiger partial charge in [-0.25, -0.2) is 4.79 Å². The summed E-state index contributed by atoms with van der Waals surface area (Å²) >= 11 is 0. The first-order valence-electron chi connectivity index (χ1n) is 8.94. The summed E-state index contributed by atoms with van der Waals surface area (Å²) in [4.78, 5) is 25.5. The van der Waals surface area contributed by atoms with E-state index < -0.39 is 11.9 Å². The fourth-order valence-corrected chi connectivity index (χ4v) is 2.72. The van der Waals surface area contributed by atoms with Gasteiger partial charge in [0.15, 0.2) is 0 Å². The number of carbonyl (C=O) groups excluding carboxylic acids is 1. The van der Waals surface area contributed by atoms with Crippen molar-refractivity contribution in [2.45, 2.75) is 0 Å². The molecule has 0 aliphatic rings. The van der Waals surface area contributed by atoms with E-state index in [0.29, 0.717) is 11.4 Å². The number of nitrogens with two attached hydrogens (primary N) is 1. The zero-order chi connectivity index (χ0) is 21.5. The zero-order valence-corrected chi connectivity index (χ0v) is 15.8. The average Bonchev–Trinajstić information content (AvgIpc) is 2.76. The van der Waals surface area contributed by atoms with Crippen molar-refractivity contribution < 1.29 is 14.7 Å². The number of hydrogen-bond donors (Lipinski definition) is 3. The third kappa shape index (κ3) is 4.82. The molecule has 3 aromatic carbocycles. The van der Waals surface area contributed by atoms with E-state index in [1.54, 1.807) is 35.2 Å². The Kier molecular flexibility index (Phi) is 6.11. The number of carbonyl (C=O) groups is 2. The molecule has 7 nitrogen and oxygen atoms in total. The number of para-hydroxylation sites is 1. The number of amides is 1. The minimum atomic E-state index is -1.11. The number of nitrogen functional groups attached to an aromatic ring is 1. The number of benzene rings is 3. The highest BCUT2D eigenvalue weighted by Crippen LogP contribution is 2.27. The van der Waals surface area contributed by atoms with E-state index >= 15 is 0 Å². The molecule has 4 N–H and O–H groups in total. The smallest absolute Gasteiger partial charge is 0.335 e. The van der Waals surface area contributed by atoms with Crippen LogP contribution >= 0.6 is 0 Å². The summed E-state index contributed by atoms with van der Waals surface area (Å²) in [5, 5.41) is 21.2. The minimum Gasteiger partial charge on any atom is -0.478 e. The molecule has 0 aliphatic carbocycles. The van der Waals surface area contributed by atoms with Crippen LogP contribution < -0.4 is 16.0 Å². The summed E-state index contributed by atoms with van der Waals surface area (Å²) in [5.41, 5.74) is 7.97. The summed E-state index contributed by atoms with van der Waals surface area (Å²) < 4.78 is 0. The van der Waals surface area contributed by atoms with E-state index in [2.05, 4.69) is 5.32 Å². The largest absolute Gasteiger partial charge is 0.478 e. The highest BCUT2D eigenvalue weighted by molar-refractivity contribution is 6.07. The van der Waals surface area contributed by atoms with E-state index in [4.69, 9.17) is 10.8 Å². The Labute approximate surface area is 173 Å². The summed E-state index contributed by atoms with van der Waals surface area (Å²) in [5.74, 6) is -1.77. The van der Waals surface area contributed by atoms with Crippen molar-refractivity contribution in [3.8, 4) is 6.07 Å². The lowest BCUT2D eigenvalue weighted by Gasteiger charge is -2.21. The van der Waals surface area contributed by atoms with Crippen LogP contribution in [0, 0.1) is 11.3 Å². The van der Waals surface area contributed by atoms with Gasteiger partial charge in [-0.05, 0) is 54.6 Å². The highest BCUT2D eigenvalue weighted by Gasteiger charge is 2.15.